The van der Waals surface area contributed by atoms with E-state index in [1.807, 2.05) is 29.7 Å². The van der Waals surface area contributed by atoms with Crippen LogP contribution in [0.4, 0.5) is 0 Å². The van der Waals surface area contributed by atoms with Gasteiger partial charge in [0.05, 0.1) is 11.3 Å². The van der Waals surface area contributed by atoms with Crippen LogP contribution in [0.2, 0.25) is 0 Å². The Kier molecular flexibility index (Phi) is 2.23. The molecule has 0 radical (unpaired) electrons. The minimum absolute atomic E-state index is 0.0330. The second-order valence-electron chi connectivity index (χ2n) is 5.05. The Hall–Kier alpha value is -1.82. The second kappa shape index (κ2) is 3.34. The molecule has 3 nitrogen and oxygen atoms in total. The van der Waals surface area contributed by atoms with Crippen LogP contribution in [0.15, 0.2) is 18.3 Å². The van der Waals surface area contributed by atoms with Crippen molar-refractivity contribution >= 4 is 5.65 Å². The number of aryl methyl sites for hydroxylation is 1. The molecule has 3 heteroatoms. The van der Waals surface area contributed by atoms with Crippen LogP contribution in [-0.4, -0.2) is 9.38 Å². The van der Waals surface area contributed by atoms with Crippen LogP contribution in [0, 0.1) is 18.3 Å². The number of nitrogens with zero attached hydrogens (tertiary/aromatic N) is 3. The van der Waals surface area contributed by atoms with Gasteiger partial charge in [-0.15, -0.1) is 0 Å². The van der Waals surface area contributed by atoms with Gasteiger partial charge in [-0.2, -0.15) is 5.26 Å². The highest BCUT2D eigenvalue weighted by Crippen LogP contribution is 2.22. The molecular formula is C13H15N3. The fourth-order valence-corrected chi connectivity index (χ4v) is 1.67. The zero-order valence-corrected chi connectivity index (χ0v) is 10.1. The minimum atomic E-state index is 0.0330. The van der Waals surface area contributed by atoms with Gasteiger partial charge >= 0.3 is 0 Å². The first-order valence-electron chi connectivity index (χ1n) is 5.33. The van der Waals surface area contributed by atoms with Crippen molar-refractivity contribution in [2.24, 2.45) is 0 Å². The summed E-state index contributed by atoms with van der Waals surface area (Å²) in [7, 11) is 0. The number of pyridine rings is 1. The number of hydrogen-bond donors (Lipinski definition) is 0. The fraction of sp³-hybridized carbons (Fsp3) is 0.385. The fourth-order valence-electron chi connectivity index (χ4n) is 1.67. The number of rotatable bonds is 0. The lowest BCUT2D eigenvalue weighted by molar-refractivity contribution is 0.573. The highest BCUT2D eigenvalue weighted by molar-refractivity contribution is 5.48. The summed E-state index contributed by atoms with van der Waals surface area (Å²) in [6, 6.07) is 5.90. The summed E-state index contributed by atoms with van der Waals surface area (Å²) in [5, 5.41) is 8.96. The highest BCUT2D eigenvalue weighted by Gasteiger charge is 2.18. The van der Waals surface area contributed by atoms with E-state index in [9.17, 15) is 0 Å². The summed E-state index contributed by atoms with van der Waals surface area (Å²) in [4.78, 5) is 4.57. The van der Waals surface area contributed by atoms with Crippen LogP contribution in [0.5, 0.6) is 0 Å². The number of nitriles is 1. The molecule has 0 atom stereocenters. The average Bonchev–Trinajstić information content (AvgIpc) is 2.62. The Morgan fingerprint density at radius 2 is 2.00 bits per heavy atom. The van der Waals surface area contributed by atoms with Crippen LogP contribution in [0.1, 0.15) is 37.7 Å². The second-order valence-corrected chi connectivity index (χ2v) is 5.05. The van der Waals surface area contributed by atoms with Crippen molar-refractivity contribution < 1.29 is 0 Å². The van der Waals surface area contributed by atoms with E-state index in [-0.39, 0.29) is 5.41 Å². The lowest BCUT2D eigenvalue weighted by Crippen LogP contribution is -2.11. The number of aromatic nitrogens is 2. The number of imidazole rings is 1. The Morgan fingerprint density at radius 3 is 2.56 bits per heavy atom. The number of hydrogen-bond acceptors (Lipinski definition) is 2. The minimum Gasteiger partial charge on any atom is -0.303 e. The molecule has 0 saturated heterocycles. The van der Waals surface area contributed by atoms with E-state index in [1.165, 1.54) is 0 Å². The van der Waals surface area contributed by atoms with Crippen molar-refractivity contribution in [1.29, 1.82) is 5.26 Å². The molecule has 0 amide bonds. The summed E-state index contributed by atoms with van der Waals surface area (Å²) in [6.07, 6.45) is 2.02. The van der Waals surface area contributed by atoms with E-state index in [1.54, 1.807) is 0 Å². The summed E-state index contributed by atoms with van der Waals surface area (Å²) in [5.41, 5.74) is 3.63. The van der Waals surface area contributed by atoms with Crippen LogP contribution < -0.4 is 0 Å². The van der Waals surface area contributed by atoms with Crippen molar-refractivity contribution in [3.05, 3.63) is 35.3 Å². The van der Waals surface area contributed by atoms with Gasteiger partial charge in [0.1, 0.15) is 11.7 Å². The lowest BCUT2D eigenvalue weighted by atomic mass is 9.93. The first kappa shape index (κ1) is 10.7. The first-order chi connectivity index (χ1) is 7.43. The molecule has 2 aromatic rings. The number of fused-ring (bicyclic) bond motifs is 1. The van der Waals surface area contributed by atoms with Gasteiger partial charge in [0, 0.05) is 17.3 Å². The molecule has 0 aromatic carbocycles. The van der Waals surface area contributed by atoms with Crippen molar-refractivity contribution in [2.75, 3.05) is 0 Å². The summed E-state index contributed by atoms with van der Waals surface area (Å²) < 4.78 is 1.99. The maximum atomic E-state index is 8.96. The van der Waals surface area contributed by atoms with Crippen LogP contribution >= 0.6 is 0 Å². The molecule has 0 N–H and O–H groups in total. The molecule has 0 bridgehead atoms. The van der Waals surface area contributed by atoms with E-state index in [0.717, 1.165) is 17.0 Å². The van der Waals surface area contributed by atoms with Gasteiger partial charge in [-0.05, 0) is 19.1 Å². The molecule has 2 heterocycles. The third kappa shape index (κ3) is 1.57. The Labute approximate surface area is 95.4 Å². The summed E-state index contributed by atoms with van der Waals surface area (Å²) in [5.74, 6) is 0. The smallest absolute Gasteiger partial charge is 0.137 e. The van der Waals surface area contributed by atoms with Crippen molar-refractivity contribution in [3.8, 4) is 6.07 Å². The van der Waals surface area contributed by atoms with Crippen molar-refractivity contribution in [3.63, 3.8) is 0 Å². The molecule has 2 rings (SSSR count). The van der Waals surface area contributed by atoms with Crippen LogP contribution in [0.25, 0.3) is 5.65 Å². The Bertz CT molecular complexity index is 579. The van der Waals surface area contributed by atoms with Gasteiger partial charge in [0.15, 0.2) is 0 Å². The maximum absolute atomic E-state index is 8.96. The average molecular weight is 213 g/mol. The van der Waals surface area contributed by atoms with Crippen LogP contribution in [0.3, 0.4) is 0 Å². The zero-order chi connectivity index (χ0) is 11.9. The molecule has 16 heavy (non-hydrogen) atoms. The van der Waals surface area contributed by atoms with Gasteiger partial charge in [0.25, 0.3) is 0 Å². The maximum Gasteiger partial charge on any atom is 0.137 e. The van der Waals surface area contributed by atoms with Gasteiger partial charge in [-0.1, -0.05) is 20.8 Å². The van der Waals surface area contributed by atoms with Crippen molar-refractivity contribution in [2.45, 2.75) is 33.1 Å². The van der Waals surface area contributed by atoms with Crippen LogP contribution in [-0.2, 0) is 5.41 Å². The topological polar surface area (TPSA) is 41.1 Å². The lowest BCUT2D eigenvalue weighted by Gasteiger charge is -2.13. The first-order valence-corrected chi connectivity index (χ1v) is 5.33. The Morgan fingerprint density at radius 1 is 1.31 bits per heavy atom. The van der Waals surface area contributed by atoms with Crippen molar-refractivity contribution in [1.82, 2.24) is 9.38 Å². The van der Waals surface area contributed by atoms with Gasteiger partial charge in [-0.3, -0.25) is 0 Å². The molecule has 0 spiro atoms. The molecule has 0 unspecified atom stereocenters. The predicted molar refractivity (Wildman–Crippen MR) is 63.3 cm³/mol. The van der Waals surface area contributed by atoms with E-state index in [4.69, 9.17) is 5.26 Å². The van der Waals surface area contributed by atoms with Gasteiger partial charge < -0.3 is 4.40 Å². The zero-order valence-electron chi connectivity index (χ0n) is 10.1. The predicted octanol–water partition coefficient (Wildman–Crippen LogP) is 2.81. The molecule has 0 aliphatic carbocycles. The Balaban J connectivity index is 2.73. The highest BCUT2D eigenvalue weighted by atomic mass is 15.0. The molecule has 0 fully saturated rings. The van der Waals surface area contributed by atoms with E-state index < -0.39 is 0 Å². The normalized spacial score (nSPS) is 11.7. The summed E-state index contributed by atoms with van der Waals surface area (Å²) in [6.45, 7) is 8.35. The largest absolute Gasteiger partial charge is 0.303 e. The molecular weight excluding hydrogens is 198 g/mol. The third-order valence-electron chi connectivity index (χ3n) is 2.77. The van der Waals surface area contributed by atoms with E-state index >= 15 is 0 Å². The molecule has 82 valence electrons. The van der Waals surface area contributed by atoms with E-state index in [0.29, 0.717) is 5.56 Å². The molecule has 0 aliphatic heterocycles. The SMILES string of the molecule is Cc1c(C#N)ccc2nc(C(C)(C)C)cn12. The summed E-state index contributed by atoms with van der Waals surface area (Å²) >= 11 is 0. The van der Waals surface area contributed by atoms with Gasteiger partial charge in [0.2, 0.25) is 0 Å². The third-order valence-corrected chi connectivity index (χ3v) is 2.77. The standard InChI is InChI=1S/C13H15N3/c1-9-10(7-14)5-6-12-15-11(8-16(9)12)13(2,3)4/h5-6,8H,1-4H3. The van der Waals surface area contributed by atoms with E-state index in [2.05, 4.69) is 31.8 Å². The molecule has 0 aliphatic rings. The monoisotopic (exact) mass is 213 g/mol. The molecule has 2 aromatic heterocycles. The van der Waals surface area contributed by atoms with Gasteiger partial charge in [-0.25, -0.2) is 4.98 Å². The quantitative estimate of drug-likeness (QED) is 0.675. The molecule has 0 saturated carbocycles.